The van der Waals surface area contributed by atoms with Gasteiger partial charge in [0, 0.05) is 33.2 Å². The third kappa shape index (κ3) is 2.52. The molecule has 1 aromatic carbocycles. The lowest BCUT2D eigenvalue weighted by atomic mass is 9.94. The van der Waals surface area contributed by atoms with E-state index in [0.29, 0.717) is 6.54 Å². The number of aryl methyl sites for hydroxylation is 1. The van der Waals surface area contributed by atoms with Crippen molar-refractivity contribution in [3.8, 4) is 0 Å². The van der Waals surface area contributed by atoms with Gasteiger partial charge in [0.2, 0.25) is 0 Å². The van der Waals surface area contributed by atoms with Gasteiger partial charge in [-0.3, -0.25) is 4.99 Å². The highest BCUT2D eigenvalue weighted by molar-refractivity contribution is 9.10. The van der Waals surface area contributed by atoms with Crippen molar-refractivity contribution in [2.75, 3.05) is 19.6 Å². The first kappa shape index (κ1) is 13.8. The van der Waals surface area contributed by atoms with Crippen LogP contribution in [0.3, 0.4) is 0 Å². The molecule has 0 spiro atoms. The summed E-state index contributed by atoms with van der Waals surface area (Å²) in [6.45, 7) is 2.48. The zero-order valence-corrected chi connectivity index (χ0v) is 13.8. The Balaban J connectivity index is 1.65. The van der Waals surface area contributed by atoms with Gasteiger partial charge in [0.1, 0.15) is 5.84 Å². The molecule has 1 aliphatic carbocycles. The zero-order chi connectivity index (χ0) is 14.9. The maximum Gasteiger partial charge on any atom is 0.118 e. The van der Waals surface area contributed by atoms with Crippen LogP contribution in [-0.4, -0.2) is 36.2 Å². The minimum atomic E-state index is 0.672. The van der Waals surface area contributed by atoms with E-state index < -0.39 is 0 Å². The Kier molecular flexibility index (Phi) is 3.62. The molecule has 0 atom stereocenters. The van der Waals surface area contributed by atoms with Crippen LogP contribution in [0.5, 0.6) is 0 Å². The number of fused-ring (bicyclic) bond motifs is 3. The number of H-pyrrole nitrogens is 1. The Bertz CT molecular complexity index is 774. The number of hydrogen-bond acceptors (Lipinski definition) is 4. The second kappa shape index (κ2) is 5.76. The zero-order valence-electron chi connectivity index (χ0n) is 12.2. The summed E-state index contributed by atoms with van der Waals surface area (Å²) in [6.07, 6.45) is 3.25. The molecule has 6 heteroatoms. The van der Waals surface area contributed by atoms with Gasteiger partial charge in [-0.05, 0) is 37.5 Å². The van der Waals surface area contributed by atoms with Gasteiger partial charge in [-0.2, -0.15) is 5.10 Å². The highest BCUT2D eigenvalue weighted by Crippen LogP contribution is 2.31. The SMILES string of the molecule is Brc1ccc2[nH]c3c(c2c1)C(=NNCC1=NCCN1)CCC3. The van der Waals surface area contributed by atoms with Crippen LogP contribution in [0, 0.1) is 0 Å². The first-order valence-corrected chi connectivity index (χ1v) is 8.47. The van der Waals surface area contributed by atoms with Gasteiger partial charge in [-0.15, -0.1) is 0 Å². The third-order valence-corrected chi connectivity index (χ3v) is 4.66. The van der Waals surface area contributed by atoms with Crippen LogP contribution in [0.4, 0.5) is 0 Å². The number of halogens is 1. The summed E-state index contributed by atoms with van der Waals surface area (Å²) in [6, 6.07) is 6.37. The van der Waals surface area contributed by atoms with Crippen molar-refractivity contribution < 1.29 is 0 Å². The number of hydrazone groups is 1. The highest BCUT2D eigenvalue weighted by atomic mass is 79.9. The lowest BCUT2D eigenvalue weighted by Gasteiger charge is -2.15. The van der Waals surface area contributed by atoms with Gasteiger partial charge in [0.25, 0.3) is 0 Å². The van der Waals surface area contributed by atoms with E-state index >= 15 is 0 Å². The lowest BCUT2D eigenvalue weighted by Crippen LogP contribution is -2.29. The van der Waals surface area contributed by atoms with Crippen LogP contribution >= 0.6 is 15.9 Å². The average Bonchev–Trinajstić information content (AvgIpc) is 3.14. The van der Waals surface area contributed by atoms with Gasteiger partial charge in [-0.1, -0.05) is 15.9 Å². The van der Waals surface area contributed by atoms with E-state index in [1.54, 1.807) is 0 Å². The molecule has 0 fully saturated rings. The quantitative estimate of drug-likeness (QED) is 0.737. The van der Waals surface area contributed by atoms with Crippen molar-refractivity contribution in [1.29, 1.82) is 0 Å². The molecule has 22 heavy (non-hydrogen) atoms. The summed E-state index contributed by atoms with van der Waals surface area (Å²) in [4.78, 5) is 7.91. The molecule has 1 aromatic heterocycles. The summed E-state index contributed by atoms with van der Waals surface area (Å²) in [5.74, 6) is 1.00. The van der Waals surface area contributed by atoms with E-state index in [9.17, 15) is 0 Å². The molecule has 0 amide bonds. The fourth-order valence-electron chi connectivity index (χ4n) is 3.18. The topological polar surface area (TPSA) is 64.6 Å². The lowest BCUT2D eigenvalue weighted by molar-refractivity contribution is 0.783. The predicted molar refractivity (Wildman–Crippen MR) is 93.8 cm³/mol. The maximum atomic E-state index is 4.65. The van der Waals surface area contributed by atoms with Crippen LogP contribution in [0.15, 0.2) is 32.8 Å². The third-order valence-electron chi connectivity index (χ3n) is 4.17. The van der Waals surface area contributed by atoms with Gasteiger partial charge >= 0.3 is 0 Å². The van der Waals surface area contributed by atoms with Gasteiger partial charge in [-0.25, -0.2) is 0 Å². The molecular formula is C16H18BrN5. The monoisotopic (exact) mass is 359 g/mol. The molecule has 1 aliphatic heterocycles. The number of nitrogens with one attached hydrogen (secondary N) is 3. The molecule has 0 radical (unpaired) electrons. The summed E-state index contributed by atoms with van der Waals surface area (Å²) in [5, 5.41) is 9.15. The second-order valence-electron chi connectivity index (χ2n) is 5.67. The van der Waals surface area contributed by atoms with Crippen molar-refractivity contribution in [3.63, 3.8) is 0 Å². The molecule has 5 nitrogen and oxygen atoms in total. The van der Waals surface area contributed by atoms with Crippen LogP contribution in [-0.2, 0) is 6.42 Å². The minimum absolute atomic E-state index is 0.672. The van der Waals surface area contributed by atoms with Crippen molar-refractivity contribution in [2.45, 2.75) is 19.3 Å². The van der Waals surface area contributed by atoms with Crippen molar-refractivity contribution in [2.24, 2.45) is 10.1 Å². The standard InChI is InChI=1S/C16H18BrN5/c17-10-4-5-12-11(8-10)16-13(21-12)2-1-3-14(16)22-20-9-15-18-6-7-19-15/h4-5,8,20-21H,1-3,6-7,9H2,(H,18,19). The molecule has 0 saturated carbocycles. The van der Waals surface area contributed by atoms with E-state index in [1.165, 1.54) is 22.2 Å². The Hall–Kier alpha value is -1.82. The van der Waals surface area contributed by atoms with Crippen LogP contribution < -0.4 is 10.7 Å². The number of aliphatic imine (C=N–C) groups is 1. The Morgan fingerprint density at radius 3 is 3.14 bits per heavy atom. The molecule has 2 aliphatic rings. The molecule has 114 valence electrons. The predicted octanol–water partition coefficient (Wildman–Crippen LogP) is 2.56. The smallest absolute Gasteiger partial charge is 0.118 e. The summed E-state index contributed by atoms with van der Waals surface area (Å²) < 4.78 is 1.10. The van der Waals surface area contributed by atoms with E-state index in [2.05, 4.69) is 59.9 Å². The molecule has 2 aromatic rings. The van der Waals surface area contributed by atoms with Crippen LogP contribution in [0.25, 0.3) is 10.9 Å². The van der Waals surface area contributed by atoms with E-state index in [1.807, 2.05) is 0 Å². The fraction of sp³-hybridized carbons (Fsp3) is 0.375. The number of rotatable bonds is 3. The largest absolute Gasteiger partial charge is 0.370 e. The molecule has 0 bridgehead atoms. The van der Waals surface area contributed by atoms with E-state index in [-0.39, 0.29) is 0 Å². The Morgan fingerprint density at radius 2 is 2.27 bits per heavy atom. The molecule has 2 heterocycles. The molecule has 0 unspecified atom stereocenters. The molecule has 3 N–H and O–H groups in total. The summed E-state index contributed by atoms with van der Waals surface area (Å²) in [5.41, 5.74) is 8.08. The van der Waals surface area contributed by atoms with E-state index in [0.717, 1.165) is 48.4 Å². The van der Waals surface area contributed by atoms with Crippen molar-refractivity contribution in [3.05, 3.63) is 33.9 Å². The average molecular weight is 360 g/mol. The van der Waals surface area contributed by atoms with E-state index in [4.69, 9.17) is 0 Å². The number of aromatic nitrogens is 1. The number of nitrogens with zero attached hydrogens (tertiary/aromatic N) is 2. The molecule has 0 saturated heterocycles. The van der Waals surface area contributed by atoms with Gasteiger partial charge in [0.05, 0.1) is 18.8 Å². The Morgan fingerprint density at radius 1 is 1.32 bits per heavy atom. The Labute approximate surface area is 137 Å². The molecular weight excluding hydrogens is 342 g/mol. The van der Waals surface area contributed by atoms with Crippen LogP contribution in [0.1, 0.15) is 24.1 Å². The normalized spacial score (nSPS) is 19.1. The maximum absolute atomic E-state index is 4.65. The van der Waals surface area contributed by atoms with Gasteiger partial charge < -0.3 is 15.7 Å². The number of aromatic amines is 1. The summed E-state index contributed by atoms with van der Waals surface area (Å²) >= 11 is 3.57. The highest BCUT2D eigenvalue weighted by Gasteiger charge is 2.21. The number of hydrogen-bond donors (Lipinski definition) is 3. The number of benzene rings is 1. The van der Waals surface area contributed by atoms with Crippen molar-refractivity contribution in [1.82, 2.24) is 15.7 Å². The fourth-order valence-corrected chi connectivity index (χ4v) is 3.54. The first-order chi connectivity index (χ1) is 10.8. The summed E-state index contributed by atoms with van der Waals surface area (Å²) in [7, 11) is 0. The molecule has 4 rings (SSSR count). The second-order valence-corrected chi connectivity index (χ2v) is 6.59. The minimum Gasteiger partial charge on any atom is -0.370 e. The number of amidine groups is 1. The van der Waals surface area contributed by atoms with Gasteiger partial charge in [0.15, 0.2) is 0 Å². The first-order valence-electron chi connectivity index (χ1n) is 7.68. The van der Waals surface area contributed by atoms with Crippen molar-refractivity contribution >= 4 is 38.4 Å². The van der Waals surface area contributed by atoms with Crippen LogP contribution in [0.2, 0.25) is 0 Å².